The van der Waals surface area contributed by atoms with E-state index in [2.05, 4.69) is 22.5 Å². The Morgan fingerprint density at radius 1 is 1.27 bits per heavy atom. The molecule has 0 bridgehead atoms. The lowest BCUT2D eigenvalue weighted by atomic mass is 10.1. The predicted molar refractivity (Wildman–Crippen MR) is 64.9 cm³/mol. The Balaban J connectivity index is 2.36. The number of benzene rings is 1. The molecule has 1 aromatic rings. The van der Waals surface area contributed by atoms with E-state index in [9.17, 15) is 4.79 Å². The highest BCUT2D eigenvalue weighted by atomic mass is 79.9. The van der Waals surface area contributed by atoms with E-state index in [0.717, 1.165) is 11.3 Å². The number of carbonyl (C=O) groups excluding carboxylic acids is 1. The van der Waals surface area contributed by atoms with Crippen molar-refractivity contribution in [2.45, 2.75) is 0 Å². The van der Waals surface area contributed by atoms with Crippen molar-refractivity contribution in [2.75, 3.05) is 11.4 Å². The Bertz CT molecular complexity index is 436. The van der Waals surface area contributed by atoms with Crippen LogP contribution in [-0.4, -0.2) is 12.5 Å². The molecule has 1 aromatic carbocycles. The van der Waals surface area contributed by atoms with Gasteiger partial charge in [-0.15, -0.1) is 0 Å². The molecule has 0 saturated carbocycles. The first-order valence-corrected chi connectivity index (χ1v) is 5.39. The van der Waals surface area contributed by atoms with Crippen molar-refractivity contribution >= 4 is 27.5 Å². The quantitative estimate of drug-likeness (QED) is 0.763. The molecule has 0 aliphatic carbocycles. The van der Waals surface area contributed by atoms with Gasteiger partial charge in [0.15, 0.2) is 0 Å². The lowest BCUT2D eigenvalue weighted by molar-refractivity contribution is -0.114. The summed E-state index contributed by atoms with van der Waals surface area (Å²) in [7, 11) is 0. The van der Waals surface area contributed by atoms with Gasteiger partial charge in [0.25, 0.3) is 5.91 Å². The zero-order chi connectivity index (χ0) is 10.8. The van der Waals surface area contributed by atoms with Gasteiger partial charge < -0.3 is 4.90 Å². The molecular formula is C12H10BrNO. The predicted octanol–water partition coefficient (Wildman–Crippen LogP) is 2.87. The smallest absolute Gasteiger partial charge is 0.265 e. The standard InChI is InChI=1S/C12H10BrNO/c1-9-7-11(13)12(15)14(8-9)10-5-3-2-4-6-10/h2-7H,1,8H2. The molecule has 15 heavy (non-hydrogen) atoms. The number of amides is 1. The van der Waals surface area contributed by atoms with Crippen LogP contribution in [-0.2, 0) is 4.79 Å². The zero-order valence-electron chi connectivity index (χ0n) is 8.11. The molecule has 3 heteroatoms. The van der Waals surface area contributed by atoms with Crippen molar-refractivity contribution in [1.29, 1.82) is 0 Å². The average Bonchev–Trinajstić information content (AvgIpc) is 2.24. The summed E-state index contributed by atoms with van der Waals surface area (Å²) in [4.78, 5) is 13.5. The second-order valence-corrected chi connectivity index (χ2v) is 4.23. The van der Waals surface area contributed by atoms with E-state index < -0.39 is 0 Å². The lowest BCUT2D eigenvalue weighted by Gasteiger charge is -2.26. The number of anilines is 1. The molecule has 2 rings (SSSR count). The minimum atomic E-state index is -0.0198. The summed E-state index contributed by atoms with van der Waals surface area (Å²) in [5.74, 6) is -0.0198. The molecule has 1 aliphatic rings. The van der Waals surface area contributed by atoms with Crippen LogP contribution in [0.15, 0.2) is 53.0 Å². The third kappa shape index (κ3) is 2.02. The van der Waals surface area contributed by atoms with Gasteiger partial charge in [0.05, 0.1) is 11.0 Å². The van der Waals surface area contributed by atoms with Crippen LogP contribution in [0.4, 0.5) is 5.69 Å². The molecule has 1 amide bonds. The van der Waals surface area contributed by atoms with Crippen LogP contribution in [0.1, 0.15) is 0 Å². The van der Waals surface area contributed by atoms with Crippen LogP contribution in [0.5, 0.6) is 0 Å². The van der Waals surface area contributed by atoms with Gasteiger partial charge in [-0.05, 0) is 39.7 Å². The topological polar surface area (TPSA) is 20.3 Å². The summed E-state index contributed by atoms with van der Waals surface area (Å²) < 4.78 is 0.558. The number of hydrogen-bond donors (Lipinski definition) is 0. The molecule has 0 spiro atoms. The fraction of sp³-hybridized carbons (Fsp3) is 0.0833. The first kappa shape index (κ1) is 10.2. The highest BCUT2D eigenvalue weighted by molar-refractivity contribution is 9.12. The molecule has 0 fully saturated rings. The molecule has 0 atom stereocenters. The Hall–Kier alpha value is -1.35. The largest absolute Gasteiger partial charge is 0.304 e. The number of nitrogens with zero attached hydrogens (tertiary/aromatic N) is 1. The normalized spacial score (nSPS) is 16.6. The lowest BCUT2D eigenvalue weighted by Crippen LogP contribution is -2.35. The third-order valence-electron chi connectivity index (χ3n) is 2.21. The van der Waals surface area contributed by atoms with Gasteiger partial charge in [0.2, 0.25) is 0 Å². The molecule has 1 aliphatic heterocycles. The molecule has 76 valence electrons. The van der Waals surface area contributed by atoms with Crippen LogP contribution < -0.4 is 4.90 Å². The summed E-state index contributed by atoms with van der Waals surface area (Å²) in [6.45, 7) is 4.43. The monoisotopic (exact) mass is 263 g/mol. The minimum Gasteiger partial charge on any atom is -0.304 e. The second-order valence-electron chi connectivity index (χ2n) is 3.38. The van der Waals surface area contributed by atoms with E-state index in [1.165, 1.54) is 0 Å². The van der Waals surface area contributed by atoms with Crippen molar-refractivity contribution in [3.05, 3.63) is 53.0 Å². The van der Waals surface area contributed by atoms with Crippen molar-refractivity contribution in [3.63, 3.8) is 0 Å². The number of hydrogen-bond acceptors (Lipinski definition) is 1. The van der Waals surface area contributed by atoms with Crippen LogP contribution >= 0.6 is 15.9 Å². The third-order valence-corrected chi connectivity index (χ3v) is 2.78. The summed E-state index contributed by atoms with van der Waals surface area (Å²) in [5, 5.41) is 0. The Kier molecular flexibility index (Phi) is 2.73. The van der Waals surface area contributed by atoms with Gasteiger partial charge >= 0.3 is 0 Å². The van der Waals surface area contributed by atoms with Crippen LogP contribution in [0, 0.1) is 0 Å². The molecule has 2 nitrogen and oxygen atoms in total. The fourth-order valence-electron chi connectivity index (χ4n) is 1.51. The number of para-hydroxylation sites is 1. The van der Waals surface area contributed by atoms with E-state index >= 15 is 0 Å². The number of carbonyl (C=O) groups is 1. The number of halogens is 1. The maximum atomic E-state index is 11.8. The fourth-order valence-corrected chi connectivity index (χ4v) is 2.04. The van der Waals surface area contributed by atoms with Gasteiger partial charge in [-0.1, -0.05) is 24.8 Å². The average molecular weight is 264 g/mol. The van der Waals surface area contributed by atoms with Crippen LogP contribution in [0.25, 0.3) is 0 Å². The first-order chi connectivity index (χ1) is 7.18. The highest BCUT2D eigenvalue weighted by Crippen LogP contribution is 2.24. The summed E-state index contributed by atoms with van der Waals surface area (Å²) in [6, 6.07) is 9.58. The minimum absolute atomic E-state index is 0.0198. The summed E-state index contributed by atoms with van der Waals surface area (Å²) in [6.07, 6.45) is 1.77. The van der Waals surface area contributed by atoms with Crippen LogP contribution in [0.3, 0.4) is 0 Å². The summed E-state index contributed by atoms with van der Waals surface area (Å²) >= 11 is 3.24. The molecule has 0 N–H and O–H groups in total. The van der Waals surface area contributed by atoms with Crippen molar-refractivity contribution in [3.8, 4) is 0 Å². The summed E-state index contributed by atoms with van der Waals surface area (Å²) in [5.41, 5.74) is 1.82. The molecule has 0 aromatic heterocycles. The highest BCUT2D eigenvalue weighted by Gasteiger charge is 2.22. The maximum absolute atomic E-state index is 11.8. The zero-order valence-corrected chi connectivity index (χ0v) is 9.70. The van der Waals surface area contributed by atoms with Gasteiger partial charge in [0.1, 0.15) is 0 Å². The van der Waals surface area contributed by atoms with Gasteiger partial charge in [0, 0.05) is 5.69 Å². The van der Waals surface area contributed by atoms with E-state index in [1.54, 1.807) is 11.0 Å². The Labute approximate surface area is 97.0 Å². The van der Waals surface area contributed by atoms with Gasteiger partial charge in [-0.3, -0.25) is 4.79 Å². The van der Waals surface area contributed by atoms with E-state index in [0.29, 0.717) is 11.0 Å². The van der Waals surface area contributed by atoms with E-state index in [4.69, 9.17) is 0 Å². The van der Waals surface area contributed by atoms with Crippen molar-refractivity contribution in [2.24, 2.45) is 0 Å². The maximum Gasteiger partial charge on any atom is 0.265 e. The van der Waals surface area contributed by atoms with Crippen molar-refractivity contribution in [1.82, 2.24) is 0 Å². The van der Waals surface area contributed by atoms with Gasteiger partial charge in [-0.2, -0.15) is 0 Å². The Morgan fingerprint density at radius 3 is 2.60 bits per heavy atom. The van der Waals surface area contributed by atoms with Crippen molar-refractivity contribution < 1.29 is 4.79 Å². The van der Waals surface area contributed by atoms with E-state index in [1.807, 2.05) is 30.3 Å². The molecular weight excluding hydrogens is 254 g/mol. The second kappa shape index (κ2) is 4.03. The van der Waals surface area contributed by atoms with Gasteiger partial charge in [-0.25, -0.2) is 0 Å². The molecule has 0 unspecified atom stereocenters. The molecule has 0 radical (unpaired) electrons. The number of rotatable bonds is 1. The Morgan fingerprint density at radius 2 is 1.93 bits per heavy atom. The molecule has 0 saturated heterocycles. The molecule has 1 heterocycles. The van der Waals surface area contributed by atoms with E-state index in [-0.39, 0.29) is 5.91 Å². The SMILES string of the molecule is C=C1C=C(Br)C(=O)N(c2ccccc2)C1. The first-order valence-electron chi connectivity index (χ1n) is 4.60. The van der Waals surface area contributed by atoms with Crippen LogP contribution in [0.2, 0.25) is 0 Å².